The fourth-order valence-corrected chi connectivity index (χ4v) is 3.44. The summed E-state index contributed by atoms with van der Waals surface area (Å²) < 4.78 is 0.882. The van der Waals surface area contributed by atoms with Gasteiger partial charge in [0.15, 0.2) is 4.34 Å². The van der Waals surface area contributed by atoms with E-state index in [1.807, 2.05) is 29.6 Å². The first kappa shape index (κ1) is 12.1. The summed E-state index contributed by atoms with van der Waals surface area (Å²) in [6, 6.07) is 9.10. The summed E-state index contributed by atoms with van der Waals surface area (Å²) in [6.45, 7) is 0. The average Bonchev–Trinajstić information content (AvgIpc) is 2.91. The van der Waals surface area contributed by atoms with E-state index >= 15 is 0 Å². The van der Waals surface area contributed by atoms with Gasteiger partial charge >= 0.3 is 5.97 Å². The van der Waals surface area contributed by atoms with Crippen LogP contribution >= 0.6 is 23.1 Å². The van der Waals surface area contributed by atoms with Crippen LogP contribution in [0.2, 0.25) is 0 Å². The van der Waals surface area contributed by atoms with E-state index in [4.69, 9.17) is 5.11 Å². The van der Waals surface area contributed by atoms with Crippen molar-refractivity contribution in [1.82, 2.24) is 9.97 Å². The standard InChI is InChI=1S/C13H8N2O2S2/c16-12(17)10-7-11(19-13-14-5-6-18-13)8-3-1-2-4-9(8)15-10/h1-7H,(H,16,17). The van der Waals surface area contributed by atoms with Gasteiger partial charge in [0.25, 0.3) is 0 Å². The SMILES string of the molecule is O=C(O)c1cc(Sc2nccs2)c2ccccc2n1. The molecule has 4 nitrogen and oxygen atoms in total. The molecule has 19 heavy (non-hydrogen) atoms. The van der Waals surface area contributed by atoms with Gasteiger partial charge in [0.05, 0.1) is 5.52 Å². The summed E-state index contributed by atoms with van der Waals surface area (Å²) in [4.78, 5) is 20.3. The molecule has 0 radical (unpaired) electrons. The normalized spacial score (nSPS) is 10.7. The van der Waals surface area contributed by atoms with Crippen LogP contribution in [0, 0.1) is 0 Å². The molecule has 0 saturated heterocycles. The Hall–Kier alpha value is -1.92. The first-order valence-electron chi connectivity index (χ1n) is 5.44. The van der Waals surface area contributed by atoms with Crippen LogP contribution in [-0.4, -0.2) is 21.0 Å². The van der Waals surface area contributed by atoms with E-state index < -0.39 is 5.97 Å². The number of pyridine rings is 1. The molecule has 0 spiro atoms. The molecule has 3 rings (SSSR count). The predicted octanol–water partition coefficient (Wildman–Crippen LogP) is 3.54. The van der Waals surface area contributed by atoms with Gasteiger partial charge in [-0.15, -0.1) is 11.3 Å². The Kier molecular flexibility index (Phi) is 3.18. The summed E-state index contributed by atoms with van der Waals surface area (Å²) in [5.74, 6) is -1.02. The molecule has 0 amide bonds. The van der Waals surface area contributed by atoms with Gasteiger partial charge in [0, 0.05) is 21.9 Å². The van der Waals surface area contributed by atoms with Crippen LogP contribution in [0.15, 0.2) is 51.1 Å². The Morgan fingerprint density at radius 2 is 2.16 bits per heavy atom. The zero-order chi connectivity index (χ0) is 13.2. The number of para-hydroxylation sites is 1. The maximum atomic E-state index is 11.1. The van der Waals surface area contributed by atoms with Gasteiger partial charge in [-0.3, -0.25) is 0 Å². The van der Waals surface area contributed by atoms with Crippen molar-refractivity contribution in [2.75, 3.05) is 0 Å². The molecule has 0 aliphatic carbocycles. The molecule has 1 aromatic carbocycles. The molecule has 6 heteroatoms. The van der Waals surface area contributed by atoms with Gasteiger partial charge in [0.2, 0.25) is 0 Å². The van der Waals surface area contributed by atoms with Crippen LogP contribution in [0.25, 0.3) is 10.9 Å². The largest absolute Gasteiger partial charge is 0.477 e. The second-order valence-electron chi connectivity index (χ2n) is 3.73. The third kappa shape index (κ3) is 2.45. The molecule has 0 aliphatic rings. The number of nitrogens with zero attached hydrogens (tertiary/aromatic N) is 2. The predicted molar refractivity (Wildman–Crippen MR) is 74.9 cm³/mol. The molecule has 3 aromatic rings. The zero-order valence-corrected chi connectivity index (χ0v) is 11.2. The highest BCUT2D eigenvalue weighted by molar-refractivity contribution is 8.01. The molecule has 0 aliphatic heterocycles. The number of carbonyl (C=O) groups is 1. The lowest BCUT2D eigenvalue weighted by Crippen LogP contribution is -2.00. The Bertz CT molecular complexity index is 741. The van der Waals surface area contributed by atoms with Crippen molar-refractivity contribution >= 4 is 40.0 Å². The molecular formula is C13H8N2O2S2. The van der Waals surface area contributed by atoms with Crippen molar-refractivity contribution in [1.29, 1.82) is 0 Å². The average molecular weight is 288 g/mol. The van der Waals surface area contributed by atoms with Crippen molar-refractivity contribution in [3.05, 3.63) is 47.6 Å². The number of benzene rings is 1. The molecular weight excluding hydrogens is 280 g/mol. The molecule has 0 atom stereocenters. The lowest BCUT2D eigenvalue weighted by molar-refractivity contribution is 0.0690. The highest BCUT2D eigenvalue weighted by Gasteiger charge is 2.12. The van der Waals surface area contributed by atoms with E-state index in [9.17, 15) is 4.79 Å². The number of thiazole rings is 1. The minimum absolute atomic E-state index is 0.0535. The third-order valence-corrected chi connectivity index (χ3v) is 4.45. The molecule has 1 N–H and O–H groups in total. The molecule has 2 aromatic heterocycles. The van der Waals surface area contributed by atoms with Crippen molar-refractivity contribution in [3.63, 3.8) is 0 Å². The van der Waals surface area contributed by atoms with Crippen LogP contribution < -0.4 is 0 Å². The van der Waals surface area contributed by atoms with E-state index in [0.29, 0.717) is 5.52 Å². The van der Waals surface area contributed by atoms with Crippen LogP contribution in [0.1, 0.15) is 10.5 Å². The summed E-state index contributed by atoms with van der Waals surface area (Å²) in [6.07, 6.45) is 1.73. The van der Waals surface area contributed by atoms with Crippen LogP contribution in [0.3, 0.4) is 0 Å². The first-order valence-corrected chi connectivity index (χ1v) is 7.14. The fourth-order valence-electron chi connectivity index (χ4n) is 1.69. The van der Waals surface area contributed by atoms with E-state index in [2.05, 4.69) is 9.97 Å². The summed E-state index contributed by atoms with van der Waals surface area (Å²) >= 11 is 2.98. The number of rotatable bonds is 3. The van der Waals surface area contributed by atoms with Gasteiger partial charge in [-0.25, -0.2) is 14.8 Å². The Labute approximate surface area is 117 Å². The Balaban J connectivity index is 2.17. The quantitative estimate of drug-likeness (QED) is 0.798. The Morgan fingerprint density at radius 3 is 2.89 bits per heavy atom. The van der Waals surface area contributed by atoms with Crippen molar-refractivity contribution < 1.29 is 9.90 Å². The highest BCUT2D eigenvalue weighted by atomic mass is 32.2. The van der Waals surface area contributed by atoms with Crippen LogP contribution in [0.5, 0.6) is 0 Å². The number of hydrogen-bond acceptors (Lipinski definition) is 5. The van der Waals surface area contributed by atoms with Crippen molar-refractivity contribution in [2.24, 2.45) is 0 Å². The second-order valence-corrected chi connectivity index (χ2v) is 5.91. The van der Waals surface area contributed by atoms with Crippen LogP contribution in [-0.2, 0) is 0 Å². The van der Waals surface area contributed by atoms with Gasteiger partial charge in [0.1, 0.15) is 5.69 Å². The summed E-state index contributed by atoms with van der Waals surface area (Å²) in [5.41, 5.74) is 0.735. The minimum atomic E-state index is -1.02. The van der Waals surface area contributed by atoms with Gasteiger partial charge in [-0.05, 0) is 12.1 Å². The minimum Gasteiger partial charge on any atom is -0.477 e. The number of hydrogen-bond donors (Lipinski definition) is 1. The van der Waals surface area contributed by atoms with Gasteiger partial charge in [-0.2, -0.15) is 0 Å². The van der Waals surface area contributed by atoms with Crippen molar-refractivity contribution in [3.8, 4) is 0 Å². The summed E-state index contributed by atoms with van der Waals surface area (Å²) in [5, 5.41) is 11.9. The van der Waals surface area contributed by atoms with Gasteiger partial charge < -0.3 is 5.11 Å². The molecule has 94 valence electrons. The van der Waals surface area contributed by atoms with E-state index in [0.717, 1.165) is 14.6 Å². The maximum Gasteiger partial charge on any atom is 0.354 e. The molecule has 2 heterocycles. The number of carboxylic acids is 1. The van der Waals surface area contributed by atoms with Crippen LogP contribution in [0.4, 0.5) is 0 Å². The number of fused-ring (bicyclic) bond motifs is 1. The first-order chi connectivity index (χ1) is 9.24. The summed E-state index contributed by atoms with van der Waals surface area (Å²) in [7, 11) is 0. The smallest absolute Gasteiger partial charge is 0.354 e. The lowest BCUT2D eigenvalue weighted by Gasteiger charge is -2.05. The van der Waals surface area contributed by atoms with Crippen molar-refractivity contribution in [2.45, 2.75) is 9.24 Å². The second kappa shape index (κ2) is 4.99. The van der Waals surface area contributed by atoms with E-state index in [1.165, 1.54) is 23.1 Å². The number of aromatic nitrogens is 2. The zero-order valence-electron chi connectivity index (χ0n) is 9.61. The number of aromatic carboxylic acids is 1. The van der Waals surface area contributed by atoms with E-state index in [-0.39, 0.29) is 5.69 Å². The van der Waals surface area contributed by atoms with Gasteiger partial charge in [-0.1, -0.05) is 30.0 Å². The Morgan fingerprint density at radius 1 is 1.32 bits per heavy atom. The lowest BCUT2D eigenvalue weighted by atomic mass is 10.2. The topological polar surface area (TPSA) is 63.1 Å². The molecule has 0 saturated carbocycles. The molecule has 0 fully saturated rings. The monoisotopic (exact) mass is 288 g/mol. The molecule has 0 bridgehead atoms. The molecule has 0 unspecified atom stereocenters. The highest BCUT2D eigenvalue weighted by Crippen LogP contribution is 2.34. The maximum absolute atomic E-state index is 11.1. The fraction of sp³-hybridized carbons (Fsp3) is 0. The van der Waals surface area contributed by atoms with E-state index in [1.54, 1.807) is 12.3 Å². The third-order valence-electron chi connectivity index (χ3n) is 2.50. The number of carboxylic acid groups (broad SMARTS) is 1.